The van der Waals surface area contributed by atoms with E-state index >= 15 is 0 Å². The van der Waals surface area contributed by atoms with Crippen molar-refractivity contribution >= 4 is 5.97 Å². The first-order valence-electron chi connectivity index (χ1n) is 3.77. The molecular formula is C8H15NO3. The molecule has 0 rings (SSSR count). The summed E-state index contributed by atoms with van der Waals surface area (Å²) < 4.78 is 0. The summed E-state index contributed by atoms with van der Waals surface area (Å²) in [6, 6.07) is 0. The van der Waals surface area contributed by atoms with E-state index in [0.29, 0.717) is 18.1 Å². The number of hydrogen-bond acceptors (Lipinski definition) is 4. The largest absolute Gasteiger partial charge is 0.354 e. The van der Waals surface area contributed by atoms with Crippen molar-refractivity contribution < 1.29 is 14.5 Å². The van der Waals surface area contributed by atoms with Crippen molar-refractivity contribution in [1.29, 1.82) is 0 Å². The molecule has 0 atom stereocenters. The average molecular weight is 173 g/mol. The van der Waals surface area contributed by atoms with Gasteiger partial charge in [0.15, 0.2) is 0 Å². The summed E-state index contributed by atoms with van der Waals surface area (Å²) in [6.45, 7) is 9.43. The van der Waals surface area contributed by atoms with Crippen molar-refractivity contribution in [3.05, 3.63) is 12.2 Å². The summed E-state index contributed by atoms with van der Waals surface area (Å²) in [6.07, 6.45) is 0. The Labute approximate surface area is 72.5 Å². The van der Waals surface area contributed by atoms with Gasteiger partial charge >= 0.3 is 5.97 Å². The highest BCUT2D eigenvalue weighted by Crippen LogP contribution is 1.92. The molecule has 0 aromatic heterocycles. The van der Waals surface area contributed by atoms with Crippen molar-refractivity contribution in [3.63, 3.8) is 0 Å². The Kier molecular flexibility index (Phi) is 5.32. The quantitative estimate of drug-likeness (QED) is 0.385. The van der Waals surface area contributed by atoms with Gasteiger partial charge in [-0.3, -0.25) is 4.84 Å². The van der Waals surface area contributed by atoms with Crippen LogP contribution in [0.2, 0.25) is 0 Å². The van der Waals surface area contributed by atoms with Crippen LogP contribution in [-0.2, 0) is 14.5 Å². The van der Waals surface area contributed by atoms with Crippen molar-refractivity contribution in [2.45, 2.75) is 20.8 Å². The van der Waals surface area contributed by atoms with Crippen LogP contribution in [0.3, 0.4) is 0 Å². The molecule has 0 aliphatic heterocycles. The van der Waals surface area contributed by atoms with Gasteiger partial charge in [0.25, 0.3) is 0 Å². The lowest BCUT2D eigenvalue weighted by molar-refractivity contribution is -0.189. The van der Waals surface area contributed by atoms with Gasteiger partial charge < -0.3 is 4.84 Å². The highest BCUT2D eigenvalue weighted by Gasteiger charge is 2.02. The summed E-state index contributed by atoms with van der Waals surface area (Å²) in [5.74, 6) is -0.125. The molecule has 0 radical (unpaired) electrons. The number of carbonyl (C=O) groups is 1. The van der Waals surface area contributed by atoms with Gasteiger partial charge in [0.05, 0.1) is 6.61 Å². The predicted octanol–water partition coefficient (Wildman–Crippen LogP) is 1.20. The van der Waals surface area contributed by atoms with E-state index in [1.54, 1.807) is 6.92 Å². The van der Waals surface area contributed by atoms with Gasteiger partial charge in [0.1, 0.15) is 0 Å². The fraction of sp³-hybridized carbons (Fsp3) is 0.625. The smallest absolute Gasteiger partial charge is 0.341 e. The molecule has 12 heavy (non-hydrogen) atoms. The standard InChI is InChI=1S/C8H15NO3/c1-6(2)5-11-9-12-8(10)7(3)4/h6,9H,3,5H2,1-2,4H3. The van der Waals surface area contributed by atoms with Crippen LogP contribution in [0, 0.1) is 5.92 Å². The zero-order valence-electron chi connectivity index (χ0n) is 7.72. The fourth-order valence-corrected chi connectivity index (χ4v) is 0.355. The third-order valence-electron chi connectivity index (χ3n) is 0.958. The van der Waals surface area contributed by atoms with Crippen LogP contribution in [0.5, 0.6) is 0 Å². The maximum absolute atomic E-state index is 10.7. The molecule has 0 fully saturated rings. The number of hydrogen-bond donors (Lipinski definition) is 1. The van der Waals surface area contributed by atoms with Crippen molar-refractivity contribution in [2.75, 3.05) is 6.61 Å². The van der Waals surface area contributed by atoms with Crippen LogP contribution in [0.15, 0.2) is 12.2 Å². The van der Waals surface area contributed by atoms with Gasteiger partial charge in [-0.25, -0.2) is 4.79 Å². The fourth-order valence-electron chi connectivity index (χ4n) is 0.355. The first kappa shape index (κ1) is 11.1. The molecule has 0 amide bonds. The van der Waals surface area contributed by atoms with Crippen molar-refractivity contribution in [2.24, 2.45) is 5.92 Å². The Balaban J connectivity index is 3.32. The molecule has 0 bridgehead atoms. The van der Waals surface area contributed by atoms with Crippen LogP contribution in [0.1, 0.15) is 20.8 Å². The molecular weight excluding hydrogens is 158 g/mol. The second-order valence-electron chi connectivity index (χ2n) is 2.96. The van der Waals surface area contributed by atoms with E-state index < -0.39 is 5.97 Å². The minimum absolute atomic E-state index is 0.329. The van der Waals surface area contributed by atoms with Gasteiger partial charge in [0, 0.05) is 5.57 Å². The molecule has 0 aliphatic carbocycles. The minimum Gasteiger partial charge on any atom is -0.341 e. The monoisotopic (exact) mass is 173 g/mol. The number of carbonyl (C=O) groups excluding carboxylic acids is 1. The van der Waals surface area contributed by atoms with E-state index in [4.69, 9.17) is 4.84 Å². The Morgan fingerprint density at radius 1 is 1.58 bits per heavy atom. The molecule has 0 aromatic rings. The first-order valence-corrected chi connectivity index (χ1v) is 3.77. The van der Waals surface area contributed by atoms with E-state index in [-0.39, 0.29) is 0 Å². The van der Waals surface area contributed by atoms with Gasteiger partial charge in [0.2, 0.25) is 0 Å². The van der Waals surface area contributed by atoms with E-state index in [1.807, 2.05) is 13.8 Å². The Morgan fingerprint density at radius 2 is 2.17 bits per heavy atom. The minimum atomic E-state index is -0.515. The molecule has 0 heterocycles. The van der Waals surface area contributed by atoms with E-state index in [9.17, 15) is 4.79 Å². The highest BCUT2D eigenvalue weighted by molar-refractivity contribution is 5.86. The average Bonchev–Trinajstić information content (AvgIpc) is 1.97. The Hall–Kier alpha value is -0.870. The first-order chi connectivity index (χ1) is 5.54. The molecule has 0 unspecified atom stereocenters. The summed E-state index contributed by atoms with van der Waals surface area (Å²) in [5.41, 5.74) is 2.42. The Morgan fingerprint density at radius 3 is 2.58 bits per heavy atom. The highest BCUT2D eigenvalue weighted by atomic mass is 16.9. The second-order valence-corrected chi connectivity index (χ2v) is 2.96. The maximum atomic E-state index is 10.7. The van der Waals surface area contributed by atoms with Crippen LogP contribution in [0.25, 0.3) is 0 Å². The molecule has 4 nitrogen and oxygen atoms in total. The van der Waals surface area contributed by atoms with Crippen molar-refractivity contribution in [3.8, 4) is 0 Å². The SMILES string of the molecule is C=C(C)C(=O)ONOCC(C)C. The summed E-state index contributed by atoms with van der Waals surface area (Å²) in [5, 5.41) is 0. The molecule has 1 N–H and O–H groups in total. The van der Waals surface area contributed by atoms with E-state index in [0.717, 1.165) is 0 Å². The van der Waals surface area contributed by atoms with Crippen LogP contribution in [0.4, 0.5) is 0 Å². The molecule has 4 heteroatoms. The van der Waals surface area contributed by atoms with Crippen LogP contribution >= 0.6 is 0 Å². The summed E-state index contributed by atoms with van der Waals surface area (Å²) in [4.78, 5) is 19.9. The normalized spacial score (nSPS) is 10.0. The van der Waals surface area contributed by atoms with Gasteiger partial charge in [-0.15, -0.1) is 0 Å². The van der Waals surface area contributed by atoms with E-state index in [1.165, 1.54) is 0 Å². The molecule has 0 saturated heterocycles. The number of rotatable bonds is 5. The maximum Gasteiger partial charge on any atom is 0.354 e. The van der Waals surface area contributed by atoms with E-state index in [2.05, 4.69) is 17.1 Å². The third kappa shape index (κ3) is 5.88. The van der Waals surface area contributed by atoms with Gasteiger partial charge in [-0.1, -0.05) is 20.4 Å². The molecule has 0 spiro atoms. The lowest BCUT2D eigenvalue weighted by Crippen LogP contribution is -2.22. The zero-order valence-corrected chi connectivity index (χ0v) is 7.72. The van der Waals surface area contributed by atoms with Crippen molar-refractivity contribution in [1.82, 2.24) is 5.64 Å². The topological polar surface area (TPSA) is 47.6 Å². The lowest BCUT2D eigenvalue weighted by atomic mass is 10.2. The van der Waals surface area contributed by atoms with Gasteiger partial charge in [-0.2, -0.15) is 0 Å². The summed E-state index contributed by atoms with van der Waals surface area (Å²) >= 11 is 0. The molecule has 0 saturated carbocycles. The summed E-state index contributed by atoms with van der Waals surface area (Å²) in [7, 11) is 0. The third-order valence-corrected chi connectivity index (χ3v) is 0.958. The molecule has 0 aromatic carbocycles. The molecule has 70 valence electrons. The van der Waals surface area contributed by atoms with Crippen LogP contribution in [-0.4, -0.2) is 12.6 Å². The zero-order chi connectivity index (χ0) is 9.56. The molecule has 0 aliphatic rings. The second kappa shape index (κ2) is 5.74. The van der Waals surface area contributed by atoms with Crippen LogP contribution < -0.4 is 5.64 Å². The number of nitrogens with one attached hydrogen (secondary N) is 1. The lowest BCUT2D eigenvalue weighted by Gasteiger charge is -2.06. The predicted molar refractivity (Wildman–Crippen MR) is 44.8 cm³/mol. The Bertz CT molecular complexity index is 166. The van der Waals surface area contributed by atoms with Gasteiger partial charge in [-0.05, 0) is 18.5 Å².